The number of phenolic OH excluding ortho intramolecular Hbond substituents is 1. The van der Waals surface area contributed by atoms with Gasteiger partial charge in [0.15, 0.2) is 5.75 Å². The molecule has 0 aromatic heterocycles. The van der Waals surface area contributed by atoms with E-state index in [1.165, 1.54) is 19.2 Å². The van der Waals surface area contributed by atoms with E-state index in [0.29, 0.717) is 0 Å². The molecule has 0 amide bonds. The molecule has 2 N–H and O–H groups in total. The minimum atomic E-state index is -0.887. The first-order valence-electron chi connectivity index (χ1n) is 6.52. The molecule has 0 radical (unpaired) electrons. The van der Waals surface area contributed by atoms with Crippen molar-refractivity contribution in [1.82, 2.24) is 0 Å². The first kappa shape index (κ1) is 18.8. The van der Waals surface area contributed by atoms with Crippen LogP contribution in [0.4, 0.5) is 5.69 Å². The zero-order chi connectivity index (χ0) is 18.3. The maximum Gasteiger partial charge on any atom is 0.354 e. The second-order valence-corrected chi connectivity index (χ2v) is 4.26. The van der Waals surface area contributed by atoms with E-state index in [2.05, 4.69) is 19.5 Å². The van der Waals surface area contributed by atoms with Gasteiger partial charge in [-0.3, -0.25) is 0 Å². The van der Waals surface area contributed by atoms with Crippen LogP contribution in [-0.4, -0.2) is 51.5 Å². The number of carbonyl (C=O) groups is 3. The van der Waals surface area contributed by atoms with Crippen molar-refractivity contribution < 1.29 is 38.4 Å². The molecule has 9 nitrogen and oxygen atoms in total. The molecule has 0 aliphatic carbocycles. The average molecular weight is 339 g/mol. The largest absolute Gasteiger partial charge is 0.505 e. The van der Waals surface area contributed by atoms with Crippen molar-refractivity contribution in [3.05, 3.63) is 29.5 Å². The van der Waals surface area contributed by atoms with Crippen molar-refractivity contribution in [3.8, 4) is 11.5 Å². The fraction of sp³-hybridized carbons (Fsp3) is 0.267. The zero-order valence-corrected chi connectivity index (χ0v) is 13.5. The van der Waals surface area contributed by atoms with Crippen LogP contribution in [0.25, 0.3) is 0 Å². The van der Waals surface area contributed by atoms with E-state index in [-0.39, 0.29) is 22.7 Å². The molecule has 0 saturated heterocycles. The van der Waals surface area contributed by atoms with Crippen LogP contribution in [0.2, 0.25) is 0 Å². The Morgan fingerprint density at radius 2 is 1.71 bits per heavy atom. The summed E-state index contributed by atoms with van der Waals surface area (Å²) in [6.45, 7) is 0. The van der Waals surface area contributed by atoms with E-state index < -0.39 is 23.7 Å². The Balaban J connectivity index is 3.37. The van der Waals surface area contributed by atoms with Crippen molar-refractivity contribution in [1.29, 1.82) is 0 Å². The van der Waals surface area contributed by atoms with Crippen LogP contribution in [0.5, 0.6) is 11.5 Å². The summed E-state index contributed by atoms with van der Waals surface area (Å²) in [5.74, 6) is -2.81. The second kappa shape index (κ2) is 8.42. The van der Waals surface area contributed by atoms with Crippen LogP contribution in [-0.2, 0) is 23.8 Å². The molecule has 0 heterocycles. The summed E-state index contributed by atoms with van der Waals surface area (Å²) in [7, 11) is 4.74. The van der Waals surface area contributed by atoms with Crippen LogP contribution >= 0.6 is 0 Å². The molecular weight excluding hydrogens is 322 g/mol. The fourth-order valence-electron chi connectivity index (χ4n) is 1.66. The van der Waals surface area contributed by atoms with Crippen LogP contribution in [0, 0.1) is 0 Å². The summed E-state index contributed by atoms with van der Waals surface area (Å²) in [4.78, 5) is 34.8. The van der Waals surface area contributed by atoms with Gasteiger partial charge in [0.05, 0.1) is 40.2 Å². The summed E-state index contributed by atoms with van der Waals surface area (Å²) in [6, 6.07) is 2.57. The van der Waals surface area contributed by atoms with E-state index in [9.17, 15) is 19.5 Å². The Morgan fingerprint density at radius 1 is 1.04 bits per heavy atom. The number of rotatable bonds is 6. The highest BCUT2D eigenvalue weighted by Crippen LogP contribution is 2.34. The lowest BCUT2D eigenvalue weighted by molar-refractivity contribution is -0.138. The Morgan fingerprint density at radius 3 is 2.21 bits per heavy atom. The molecule has 0 spiro atoms. The first-order valence-corrected chi connectivity index (χ1v) is 6.52. The van der Waals surface area contributed by atoms with Crippen molar-refractivity contribution in [2.45, 2.75) is 0 Å². The van der Waals surface area contributed by atoms with Crippen molar-refractivity contribution in [3.63, 3.8) is 0 Å². The maximum absolute atomic E-state index is 11.7. The molecule has 24 heavy (non-hydrogen) atoms. The highest BCUT2D eigenvalue weighted by atomic mass is 16.5. The van der Waals surface area contributed by atoms with Crippen LogP contribution in [0.1, 0.15) is 10.4 Å². The number of carbonyl (C=O) groups excluding carboxylic acids is 3. The second-order valence-electron chi connectivity index (χ2n) is 4.26. The zero-order valence-electron chi connectivity index (χ0n) is 13.5. The summed E-state index contributed by atoms with van der Waals surface area (Å²) in [6.07, 6.45) is 0.836. The number of hydrogen-bond donors (Lipinski definition) is 2. The fourth-order valence-corrected chi connectivity index (χ4v) is 1.66. The van der Waals surface area contributed by atoms with Gasteiger partial charge in [0.2, 0.25) is 0 Å². The summed E-state index contributed by atoms with van der Waals surface area (Å²) in [5, 5.41) is 12.7. The molecule has 0 fully saturated rings. The van der Waals surface area contributed by atoms with Crippen molar-refractivity contribution in [2.75, 3.05) is 33.8 Å². The normalized spacial score (nSPS) is 10.6. The molecule has 1 rings (SSSR count). The van der Waals surface area contributed by atoms with Crippen LogP contribution in [0.3, 0.4) is 0 Å². The van der Waals surface area contributed by atoms with Gasteiger partial charge in [0.25, 0.3) is 0 Å². The Hall–Kier alpha value is -3.23. The average Bonchev–Trinajstić information content (AvgIpc) is 2.60. The molecule has 130 valence electrons. The molecule has 0 bridgehead atoms. The third-order valence-corrected chi connectivity index (χ3v) is 2.86. The summed E-state index contributed by atoms with van der Waals surface area (Å²) < 4.78 is 18.6. The number of methoxy groups -OCH3 is 4. The molecule has 0 atom stereocenters. The van der Waals surface area contributed by atoms with Gasteiger partial charge in [-0.15, -0.1) is 0 Å². The van der Waals surface area contributed by atoms with Crippen LogP contribution < -0.4 is 10.1 Å². The van der Waals surface area contributed by atoms with E-state index in [1.54, 1.807) is 0 Å². The van der Waals surface area contributed by atoms with Gasteiger partial charge in [0, 0.05) is 6.07 Å². The van der Waals surface area contributed by atoms with Gasteiger partial charge < -0.3 is 29.4 Å². The van der Waals surface area contributed by atoms with Gasteiger partial charge in [0.1, 0.15) is 17.0 Å². The summed E-state index contributed by atoms with van der Waals surface area (Å²) in [5.41, 5.74) is -0.583. The maximum atomic E-state index is 11.7. The van der Waals surface area contributed by atoms with Gasteiger partial charge in [-0.05, 0) is 6.07 Å². The van der Waals surface area contributed by atoms with E-state index in [1.807, 2.05) is 0 Å². The number of aromatic hydroxyl groups is 1. The topological polar surface area (TPSA) is 120 Å². The Kier molecular flexibility index (Phi) is 6.60. The third-order valence-electron chi connectivity index (χ3n) is 2.86. The van der Waals surface area contributed by atoms with Gasteiger partial charge in [-0.2, -0.15) is 0 Å². The van der Waals surface area contributed by atoms with Crippen molar-refractivity contribution in [2.24, 2.45) is 0 Å². The lowest BCUT2D eigenvalue weighted by Crippen LogP contribution is -2.16. The first-order chi connectivity index (χ1) is 11.4. The third kappa shape index (κ3) is 4.38. The lowest BCUT2D eigenvalue weighted by atomic mass is 10.1. The number of nitrogens with one attached hydrogen (secondary N) is 1. The molecule has 0 unspecified atom stereocenters. The van der Waals surface area contributed by atoms with Crippen LogP contribution in [0.15, 0.2) is 23.9 Å². The van der Waals surface area contributed by atoms with E-state index in [4.69, 9.17) is 4.74 Å². The molecule has 1 aromatic carbocycles. The minimum Gasteiger partial charge on any atom is -0.505 e. The predicted molar refractivity (Wildman–Crippen MR) is 81.7 cm³/mol. The van der Waals surface area contributed by atoms with Crippen molar-refractivity contribution >= 4 is 23.6 Å². The highest BCUT2D eigenvalue weighted by molar-refractivity contribution is 6.00. The Labute approximate surface area is 137 Å². The van der Waals surface area contributed by atoms with Gasteiger partial charge in [-0.1, -0.05) is 0 Å². The molecule has 0 saturated carbocycles. The molecule has 9 heteroatoms. The quantitative estimate of drug-likeness (QED) is 0.336. The number of ether oxygens (including phenoxy) is 4. The van der Waals surface area contributed by atoms with E-state index >= 15 is 0 Å². The van der Waals surface area contributed by atoms with Gasteiger partial charge >= 0.3 is 17.9 Å². The Bertz CT molecular complexity index is 680. The standard InChI is InChI=1S/C15H17NO8/c1-21-8-5-9(14(19)23-3)13(18)10(6-8)16-11(15(20)24-4)7-12(17)22-2/h5-7,16,18H,1-4H3/b11-7+. The number of anilines is 1. The number of benzene rings is 1. The predicted octanol–water partition coefficient (Wildman–Crippen LogP) is 0.829. The van der Waals surface area contributed by atoms with E-state index in [0.717, 1.165) is 27.4 Å². The smallest absolute Gasteiger partial charge is 0.354 e. The molecule has 0 aliphatic rings. The molecular formula is C15H17NO8. The number of phenols is 1. The number of hydrogen-bond acceptors (Lipinski definition) is 9. The molecule has 0 aliphatic heterocycles. The highest BCUT2D eigenvalue weighted by Gasteiger charge is 2.20. The summed E-state index contributed by atoms with van der Waals surface area (Å²) >= 11 is 0. The minimum absolute atomic E-state index is 0.0738. The SMILES string of the molecule is COC(=O)/C=C(/Nc1cc(OC)cc(C(=O)OC)c1O)C(=O)OC. The van der Waals surface area contributed by atoms with Gasteiger partial charge in [-0.25, -0.2) is 14.4 Å². The number of esters is 3. The lowest BCUT2D eigenvalue weighted by Gasteiger charge is -2.14. The molecule has 1 aromatic rings. The monoisotopic (exact) mass is 339 g/mol.